The quantitative estimate of drug-likeness (QED) is 0.298. The number of hydrogen-bond acceptors (Lipinski definition) is 4. The lowest BCUT2D eigenvalue weighted by molar-refractivity contribution is -0.150. The fraction of sp³-hybridized carbons (Fsp3) is 0.727. The van der Waals surface area contributed by atoms with Crippen LogP contribution in [0.3, 0.4) is 0 Å². The van der Waals surface area contributed by atoms with Crippen molar-refractivity contribution >= 4 is 5.97 Å². The van der Waals surface area contributed by atoms with Crippen molar-refractivity contribution in [2.45, 2.75) is 31.5 Å². The van der Waals surface area contributed by atoms with Gasteiger partial charge in [-0.2, -0.15) is 0 Å². The first-order valence-corrected chi connectivity index (χ1v) is 5.36. The fourth-order valence-electron chi connectivity index (χ4n) is 2.01. The van der Waals surface area contributed by atoms with E-state index in [0.717, 1.165) is 19.3 Å². The zero-order valence-electron chi connectivity index (χ0n) is 8.69. The standard InChI is InChI=1S/C11H16O4/c1-2-13-5-6-14-11(12)8-3-4-9-10(7-8)15-9/h2,8-10H,1,3-7H2. The lowest BCUT2D eigenvalue weighted by atomic mass is 9.89. The molecule has 3 unspecified atom stereocenters. The highest BCUT2D eigenvalue weighted by atomic mass is 16.6. The molecule has 0 spiro atoms. The molecule has 0 amide bonds. The molecule has 1 saturated heterocycles. The Morgan fingerprint density at radius 2 is 2.27 bits per heavy atom. The van der Waals surface area contributed by atoms with E-state index in [9.17, 15) is 4.79 Å². The molecule has 0 N–H and O–H groups in total. The minimum Gasteiger partial charge on any atom is -0.498 e. The summed E-state index contributed by atoms with van der Waals surface area (Å²) in [4.78, 5) is 11.6. The molecule has 4 heteroatoms. The maximum atomic E-state index is 11.6. The molecule has 1 heterocycles. The first-order valence-electron chi connectivity index (χ1n) is 5.36. The molecule has 2 fully saturated rings. The van der Waals surface area contributed by atoms with Crippen molar-refractivity contribution in [3.8, 4) is 0 Å². The van der Waals surface area contributed by atoms with E-state index < -0.39 is 0 Å². The Bertz CT molecular complexity index is 251. The van der Waals surface area contributed by atoms with E-state index in [-0.39, 0.29) is 11.9 Å². The van der Waals surface area contributed by atoms with Gasteiger partial charge in [0.1, 0.15) is 13.2 Å². The first kappa shape index (κ1) is 10.5. The molecule has 0 bridgehead atoms. The summed E-state index contributed by atoms with van der Waals surface area (Å²) in [5.74, 6) is -0.0888. The second kappa shape index (κ2) is 4.66. The summed E-state index contributed by atoms with van der Waals surface area (Å²) in [6, 6.07) is 0. The van der Waals surface area contributed by atoms with Crippen LogP contribution in [0.15, 0.2) is 12.8 Å². The van der Waals surface area contributed by atoms with Crippen LogP contribution in [0.4, 0.5) is 0 Å². The minimum absolute atomic E-state index is 0.0254. The van der Waals surface area contributed by atoms with E-state index in [2.05, 4.69) is 6.58 Å². The zero-order valence-corrected chi connectivity index (χ0v) is 8.69. The lowest BCUT2D eigenvalue weighted by Gasteiger charge is -2.17. The SMILES string of the molecule is C=COCCOC(=O)C1CCC2OC2C1. The number of carbonyl (C=O) groups is 1. The van der Waals surface area contributed by atoms with E-state index in [1.165, 1.54) is 6.26 Å². The Morgan fingerprint density at radius 3 is 3.00 bits per heavy atom. The molecule has 15 heavy (non-hydrogen) atoms. The molecule has 2 aliphatic rings. The van der Waals surface area contributed by atoms with Crippen molar-refractivity contribution in [2.75, 3.05) is 13.2 Å². The van der Waals surface area contributed by atoms with Gasteiger partial charge in [0.2, 0.25) is 0 Å². The summed E-state index contributed by atoms with van der Waals surface area (Å²) in [6.45, 7) is 4.08. The highest BCUT2D eigenvalue weighted by molar-refractivity contribution is 5.72. The molecular formula is C11H16O4. The normalized spacial score (nSPS) is 32.7. The van der Waals surface area contributed by atoms with Gasteiger partial charge in [0.15, 0.2) is 0 Å². The van der Waals surface area contributed by atoms with Gasteiger partial charge < -0.3 is 14.2 Å². The third-order valence-corrected chi connectivity index (χ3v) is 2.90. The highest BCUT2D eigenvalue weighted by Gasteiger charge is 2.46. The number of carbonyl (C=O) groups excluding carboxylic acids is 1. The number of fused-ring (bicyclic) bond motifs is 1. The lowest BCUT2D eigenvalue weighted by Crippen LogP contribution is -2.24. The summed E-state index contributed by atoms with van der Waals surface area (Å²) in [5.41, 5.74) is 0. The summed E-state index contributed by atoms with van der Waals surface area (Å²) >= 11 is 0. The van der Waals surface area contributed by atoms with E-state index in [1.54, 1.807) is 0 Å². The maximum absolute atomic E-state index is 11.6. The van der Waals surface area contributed by atoms with Crippen molar-refractivity contribution in [3.63, 3.8) is 0 Å². The smallest absolute Gasteiger partial charge is 0.309 e. The number of esters is 1. The molecule has 0 aromatic heterocycles. The predicted octanol–water partition coefficient (Wildman–Crippen LogP) is 1.26. The van der Waals surface area contributed by atoms with Crippen LogP contribution in [0.5, 0.6) is 0 Å². The third-order valence-electron chi connectivity index (χ3n) is 2.90. The molecule has 1 aliphatic carbocycles. The van der Waals surface area contributed by atoms with Gasteiger partial charge in [-0.1, -0.05) is 6.58 Å². The third kappa shape index (κ3) is 2.72. The van der Waals surface area contributed by atoms with Gasteiger partial charge in [-0.15, -0.1) is 0 Å². The van der Waals surface area contributed by atoms with Crippen LogP contribution in [-0.4, -0.2) is 31.4 Å². The molecule has 4 nitrogen and oxygen atoms in total. The van der Waals surface area contributed by atoms with Gasteiger partial charge in [-0.3, -0.25) is 4.79 Å². The fourth-order valence-corrected chi connectivity index (χ4v) is 2.01. The van der Waals surface area contributed by atoms with E-state index >= 15 is 0 Å². The average Bonchev–Trinajstić information content (AvgIpc) is 3.01. The number of hydrogen-bond donors (Lipinski definition) is 0. The Hall–Kier alpha value is -1.03. The largest absolute Gasteiger partial charge is 0.498 e. The van der Waals surface area contributed by atoms with Crippen LogP contribution >= 0.6 is 0 Å². The second-order valence-corrected chi connectivity index (χ2v) is 3.93. The van der Waals surface area contributed by atoms with Crippen molar-refractivity contribution in [3.05, 3.63) is 12.8 Å². The number of ether oxygens (including phenoxy) is 3. The molecule has 0 aromatic carbocycles. The average molecular weight is 212 g/mol. The zero-order chi connectivity index (χ0) is 10.7. The molecule has 1 saturated carbocycles. The van der Waals surface area contributed by atoms with Gasteiger partial charge in [0.05, 0.1) is 24.4 Å². The molecule has 2 rings (SSSR count). The van der Waals surface area contributed by atoms with E-state index in [4.69, 9.17) is 14.2 Å². The second-order valence-electron chi connectivity index (χ2n) is 3.93. The Morgan fingerprint density at radius 1 is 1.40 bits per heavy atom. The number of rotatable bonds is 5. The summed E-state index contributed by atoms with van der Waals surface area (Å²) in [7, 11) is 0. The van der Waals surface area contributed by atoms with Crippen LogP contribution in [0.25, 0.3) is 0 Å². The number of epoxide rings is 1. The van der Waals surface area contributed by atoms with Gasteiger partial charge in [0, 0.05) is 0 Å². The first-order chi connectivity index (χ1) is 7.31. The summed E-state index contributed by atoms with van der Waals surface area (Å²) < 4.78 is 15.3. The summed E-state index contributed by atoms with van der Waals surface area (Å²) in [6.07, 6.45) is 4.80. The van der Waals surface area contributed by atoms with Gasteiger partial charge in [0.25, 0.3) is 0 Å². The minimum atomic E-state index is -0.114. The molecule has 3 atom stereocenters. The molecule has 0 aromatic rings. The molecule has 84 valence electrons. The van der Waals surface area contributed by atoms with Crippen LogP contribution in [0, 0.1) is 5.92 Å². The monoisotopic (exact) mass is 212 g/mol. The predicted molar refractivity (Wildman–Crippen MR) is 53.1 cm³/mol. The summed E-state index contributed by atoms with van der Waals surface area (Å²) in [5, 5.41) is 0. The Kier molecular flexibility index (Phi) is 3.26. The van der Waals surface area contributed by atoms with E-state index in [1.807, 2.05) is 0 Å². The highest BCUT2D eigenvalue weighted by Crippen LogP contribution is 2.39. The maximum Gasteiger partial charge on any atom is 0.309 e. The molecular weight excluding hydrogens is 196 g/mol. The topological polar surface area (TPSA) is 48.1 Å². The van der Waals surface area contributed by atoms with Crippen LogP contribution in [0.2, 0.25) is 0 Å². The molecule has 1 aliphatic heterocycles. The Balaban J connectivity index is 1.64. The van der Waals surface area contributed by atoms with Crippen molar-refractivity contribution in [1.82, 2.24) is 0 Å². The van der Waals surface area contributed by atoms with Crippen molar-refractivity contribution in [2.24, 2.45) is 5.92 Å². The van der Waals surface area contributed by atoms with Crippen LogP contribution in [-0.2, 0) is 19.0 Å². The molecule has 0 radical (unpaired) electrons. The van der Waals surface area contributed by atoms with Gasteiger partial charge in [-0.25, -0.2) is 0 Å². The Labute approximate surface area is 89.2 Å². The van der Waals surface area contributed by atoms with Crippen LogP contribution in [0.1, 0.15) is 19.3 Å². The van der Waals surface area contributed by atoms with Gasteiger partial charge in [-0.05, 0) is 19.3 Å². The van der Waals surface area contributed by atoms with Crippen molar-refractivity contribution in [1.29, 1.82) is 0 Å². The van der Waals surface area contributed by atoms with Gasteiger partial charge >= 0.3 is 5.97 Å². The van der Waals surface area contributed by atoms with Crippen molar-refractivity contribution < 1.29 is 19.0 Å². The van der Waals surface area contributed by atoms with Crippen LogP contribution < -0.4 is 0 Å². The van der Waals surface area contributed by atoms with E-state index in [0.29, 0.717) is 25.4 Å².